The number of hydrogen-bond acceptors (Lipinski definition) is 4. The van der Waals surface area contributed by atoms with Gasteiger partial charge >= 0.3 is 0 Å². The lowest BCUT2D eigenvalue weighted by Gasteiger charge is -2.24. The molecule has 1 aliphatic carbocycles. The van der Waals surface area contributed by atoms with E-state index in [0.29, 0.717) is 24.5 Å². The molecule has 1 aromatic carbocycles. The summed E-state index contributed by atoms with van der Waals surface area (Å²) in [5.74, 6) is 0.620. The Kier molecular flexibility index (Phi) is 10.5. The van der Waals surface area contributed by atoms with Gasteiger partial charge in [0.15, 0.2) is 0 Å². The zero-order valence-electron chi connectivity index (χ0n) is 14.4. The second-order valence-electron chi connectivity index (χ2n) is 5.87. The van der Waals surface area contributed by atoms with Crippen LogP contribution >= 0.6 is 12.4 Å². The van der Waals surface area contributed by atoms with Gasteiger partial charge in [0.1, 0.15) is 5.75 Å². The summed E-state index contributed by atoms with van der Waals surface area (Å²) in [4.78, 5) is 12.4. The zero-order chi connectivity index (χ0) is 16.3. The third-order valence-electron chi connectivity index (χ3n) is 4.05. The van der Waals surface area contributed by atoms with Crippen LogP contribution in [0.3, 0.4) is 0 Å². The van der Waals surface area contributed by atoms with Gasteiger partial charge in [0.2, 0.25) is 0 Å². The Balaban J connectivity index is 0.00000288. The van der Waals surface area contributed by atoms with Gasteiger partial charge in [0.25, 0.3) is 5.91 Å². The monoisotopic (exact) mass is 356 g/mol. The summed E-state index contributed by atoms with van der Waals surface area (Å²) in [6.07, 6.45) is 6.13. The van der Waals surface area contributed by atoms with Crippen molar-refractivity contribution < 1.29 is 14.3 Å². The van der Waals surface area contributed by atoms with E-state index in [2.05, 4.69) is 10.6 Å². The van der Waals surface area contributed by atoms with Gasteiger partial charge in [-0.2, -0.15) is 0 Å². The molecule has 0 aliphatic heterocycles. The van der Waals surface area contributed by atoms with Crippen LogP contribution in [0.1, 0.15) is 42.5 Å². The molecule has 0 spiro atoms. The van der Waals surface area contributed by atoms with Crippen LogP contribution in [0.2, 0.25) is 0 Å². The van der Waals surface area contributed by atoms with Gasteiger partial charge < -0.3 is 20.1 Å². The molecule has 0 bridgehead atoms. The number of methoxy groups -OCH3 is 1. The number of carbonyl (C=O) groups excluding carboxylic acids is 1. The highest BCUT2D eigenvalue weighted by molar-refractivity contribution is 5.96. The first kappa shape index (κ1) is 20.7. The molecule has 0 aromatic heterocycles. The maximum absolute atomic E-state index is 12.4. The first-order valence-electron chi connectivity index (χ1n) is 8.55. The van der Waals surface area contributed by atoms with E-state index in [0.717, 1.165) is 25.9 Å². The molecule has 0 atom stereocenters. The zero-order valence-corrected chi connectivity index (χ0v) is 15.2. The summed E-state index contributed by atoms with van der Waals surface area (Å²) in [5, 5.41) is 6.13. The second kappa shape index (κ2) is 12.1. The Bertz CT molecular complexity index is 479. The van der Waals surface area contributed by atoms with E-state index in [4.69, 9.17) is 9.47 Å². The number of benzene rings is 1. The van der Waals surface area contributed by atoms with Crippen molar-refractivity contribution in [3.05, 3.63) is 29.8 Å². The van der Waals surface area contributed by atoms with Crippen molar-refractivity contribution in [3.63, 3.8) is 0 Å². The Morgan fingerprint density at radius 2 is 1.88 bits per heavy atom. The first-order chi connectivity index (χ1) is 11.3. The van der Waals surface area contributed by atoms with Gasteiger partial charge in [0, 0.05) is 26.7 Å². The lowest BCUT2D eigenvalue weighted by Crippen LogP contribution is -2.33. The third kappa shape index (κ3) is 7.07. The molecule has 24 heavy (non-hydrogen) atoms. The summed E-state index contributed by atoms with van der Waals surface area (Å²) in [6, 6.07) is 7.51. The van der Waals surface area contributed by atoms with E-state index in [-0.39, 0.29) is 24.4 Å². The number of halogens is 1. The Hall–Kier alpha value is -1.30. The minimum Gasteiger partial charge on any atom is -0.490 e. The molecule has 1 amide bonds. The lowest BCUT2D eigenvalue weighted by molar-refractivity contribution is 0.0942. The van der Waals surface area contributed by atoms with Crippen molar-refractivity contribution in [3.8, 4) is 5.75 Å². The molecule has 0 saturated heterocycles. The summed E-state index contributed by atoms with van der Waals surface area (Å²) >= 11 is 0. The van der Waals surface area contributed by atoms with Crippen LogP contribution in [0.5, 0.6) is 5.75 Å². The van der Waals surface area contributed by atoms with Crippen molar-refractivity contribution >= 4 is 18.3 Å². The van der Waals surface area contributed by atoms with Crippen LogP contribution in [0.4, 0.5) is 0 Å². The van der Waals surface area contributed by atoms with E-state index in [1.807, 2.05) is 24.3 Å². The van der Waals surface area contributed by atoms with Gasteiger partial charge in [-0.1, -0.05) is 18.6 Å². The van der Waals surface area contributed by atoms with Crippen LogP contribution in [-0.2, 0) is 4.74 Å². The lowest BCUT2D eigenvalue weighted by atomic mass is 9.97. The van der Waals surface area contributed by atoms with Crippen molar-refractivity contribution in [2.45, 2.75) is 38.2 Å². The van der Waals surface area contributed by atoms with E-state index < -0.39 is 0 Å². The summed E-state index contributed by atoms with van der Waals surface area (Å²) < 4.78 is 11.0. The smallest absolute Gasteiger partial charge is 0.255 e. The molecule has 136 valence electrons. The van der Waals surface area contributed by atoms with Crippen molar-refractivity contribution in [2.24, 2.45) is 0 Å². The van der Waals surface area contributed by atoms with Crippen molar-refractivity contribution in [2.75, 3.05) is 33.4 Å². The summed E-state index contributed by atoms with van der Waals surface area (Å²) in [5.41, 5.74) is 0.620. The highest BCUT2D eigenvalue weighted by atomic mass is 35.5. The van der Waals surface area contributed by atoms with Crippen LogP contribution in [0.25, 0.3) is 0 Å². The quantitative estimate of drug-likeness (QED) is 0.668. The minimum absolute atomic E-state index is 0. The highest BCUT2D eigenvalue weighted by Gasteiger charge is 2.18. The molecule has 0 radical (unpaired) electrons. The molecule has 2 N–H and O–H groups in total. The van der Waals surface area contributed by atoms with Crippen LogP contribution in [0, 0.1) is 0 Å². The van der Waals surface area contributed by atoms with E-state index in [1.54, 1.807) is 7.11 Å². The molecule has 2 rings (SSSR count). The van der Waals surface area contributed by atoms with E-state index in [9.17, 15) is 4.79 Å². The van der Waals surface area contributed by atoms with Crippen LogP contribution < -0.4 is 15.4 Å². The number of amides is 1. The van der Waals surface area contributed by atoms with Gasteiger partial charge in [-0.15, -0.1) is 12.4 Å². The summed E-state index contributed by atoms with van der Waals surface area (Å²) in [6.45, 7) is 2.76. The Morgan fingerprint density at radius 1 is 1.12 bits per heavy atom. The molecule has 6 heteroatoms. The average molecular weight is 357 g/mol. The minimum atomic E-state index is -0.0787. The largest absolute Gasteiger partial charge is 0.490 e. The Morgan fingerprint density at radius 3 is 2.62 bits per heavy atom. The molecule has 1 aliphatic rings. The maximum Gasteiger partial charge on any atom is 0.255 e. The fourth-order valence-corrected chi connectivity index (χ4v) is 2.78. The van der Waals surface area contributed by atoms with Crippen molar-refractivity contribution in [1.29, 1.82) is 0 Å². The van der Waals surface area contributed by atoms with Crippen LogP contribution in [-0.4, -0.2) is 45.4 Å². The SMILES string of the molecule is COCCNCCNC(=O)c1ccccc1OC1CCCCC1.Cl. The molecule has 0 heterocycles. The van der Waals surface area contributed by atoms with E-state index >= 15 is 0 Å². The van der Waals surface area contributed by atoms with Crippen LogP contribution in [0.15, 0.2) is 24.3 Å². The molecule has 1 aromatic rings. The fraction of sp³-hybridized carbons (Fsp3) is 0.611. The second-order valence-corrected chi connectivity index (χ2v) is 5.87. The molecular weight excluding hydrogens is 328 g/mol. The third-order valence-corrected chi connectivity index (χ3v) is 4.05. The number of hydrogen-bond donors (Lipinski definition) is 2. The first-order valence-corrected chi connectivity index (χ1v) is 8.55. The molecule has 5 nitrogen and oxygen atoms in total. The summed E-state index contributed by atoms with van der Waals surface area (Å²) in [7, 11) is 1.67. The Labute approximate surface area is 150 Å². The van der Waals surface area contributed by atoms with Gasteiger partial charge in [0.05, 0.1) is 18.3 Å². The maximum atomic E-state index is 12.4. The topological polar surface area (TPSA) is 59.6 Å². The number of ether oxygens (including phenoxy) is 2. The van der Waals surface area contributed by atoms with Gasteiger partial charge in [-0.3, -0.25) is 4.79 Å². The highest BCUT2D eigenvalue weighted by Crippen LogP contribution is 2.25. The predicted octanol–water partition coefficient (Wildman–Crippen LogP) is 2.79. The standard InChI is InChI=1S/C18H28N2O3.ClH/c1-22-14-13-19-11-12-20-18(21)16-9-5-6-10-17(16)23-15-7-3-2-4-8-15;/h5-6,9-10,15,19H,2-4,7-8,11-14H2,1H3,(H,20,21);1H. The fourth-order valence-electron chi connectivity index (χ4n) is 2.78. The van der Waals surface area contributed by atoms with Gasteiger partial charge in [-0.25, -0.2) is 0 Å². The molecule has 1 saturated carbocycles. The van der Waals surface area contributed by atoms with Crippen molar-refractivity contribution in [1.82, 2.24) is 10.6 Å². The van der Waals surface area contributed by atoms with Gasteiger partial charge in [-0.05, 0) is 37.8 Å². The molecule has 1 fully saturated rings. The molecule has 0 unspecified atom stereocenters. The van der Waals surface area contributed by atoms with E-state index in [1.165, 1.54) is 19.3 Å². The predicted molar refractivity (Wildman–Crippen MR) is 98.3 cm³/mol. The normalized spacial score (nSPS) is 14.7. The number of para-hydroxylation sites is 1. The number of rotatable bonds is 9. The number of carbonyl (C=O) groups is 1. The number of nitrogens with one attached hydrogen (secondary N) is 2. The molecular formula is C18H29ClN2O3. The average Bonchev–Trinajstić information content (AvgIpc) is 2.59.